The van der Waals surface area contributed by atoms with Crippen molar-refractivity contribution in [2.45, 2.75) is 57.3 Å². The maximum atomic E-state index is 11.4. The lowest BCUT2D eigenvalue weighted by Crippen LogP contribution is -2.57. The molecule has 1 aliphatic carbocycles. The number of hydrogen-bond acceptors (Lipinski definition) is 5. The lowest BCUT2D eigenvalue weighted by Gasteiger charge is -2.44. The molecule has 1 fully saturated rings. The van der Waals surface area contributed by atoms with Gasteiger partial charge < -0.3 is 24.1 Å². The number of ether oxygens (including phenoxy) is 4. The molecule has 0 radical (unpaired) electrons. The molecule has 0 aromatic heterocycles. The summed E-state index contributed by atoms with van der Waals surface area (Å²) in [5, 5.41) is 11.4. The highest BCUT2D eigenvalue weighted by atomic mass is 16.6. The van der Waals surface area contributed by atoms with E-state index in [1.807, 2.05) is 97.1 Å². The first kappa shape index (κ1) is 28.2. The summed E-state index contributed by atoms with van der Waals surface area (Å²) in [5.74, 6) is -0.0697. The summed E-state index contributed by atoms with van der Waals surface area (Å²) >= 11 is 0. The lowest BCUT2D eigenvalue weighted by molar-refractivity contribution is -0.224. The number of aliphatic hydroxyl groups is 1. The minimum Gasteiger partial charge on any atom is -0.390 e. The summed E-state index contributed by atoms with van der Waals surface area (Å²) in [6, 6.07) is 40.4. The molecule has 208 valence electrons. The van der Waals surface area contributed by atoms with Gasteiger partial charge in [-0.15, -0.1) is 0 Å². The average Bonchev–Trinajstić information content (AvgIpc) is 3.01. The van der Waals surface area contributed by atoms with Crippen molar-refractivity contribution in [3.63, 3.8) is 0 Å². The molecule has 0 spiro atoms. The van der Waals surface area contributed by atoms with Crippen LogP contribution in [0.4, 0.5) is 0 Å². The van der Waals surface area contributed by atoms with Crippen LogP contribution in [0.3, 0.4) is 0 Å². The fourth-order valence-corrected chi connectivity index (χ4v) is 5.24. The highest BCUT2D eigenvalue weighted by Gasteiger charge is 2.46. The van der Waals surface area contributed by atoms with E-state index in [0.717, 1.165) is 22.3 Å². The predicted octanol–water partition coefficient (Wildman–Crippen LogP) is 6.34. The molecule has 5 atom stereocenters. The third-order valence-electron chi connectivity index (χ3n) is 7.33. The van der Waals surface area contributed by atoms with Gasteiger partial charge in [-0.25, -0.2) is 0 Å². The summed E-state index contributed by atoms with van der Waals surface area (Å²) < 4.78 is 25.8. The van der Waals surface area contributed by atoms with Crippen LogP contribution in [-0.2, 0) is 45.4 Å². The number of benzene rings is 4. The first-order valence-corrected chi connectivity index (χ1v) is 14.0. The SMILES string of the molecule is O[C@H]1CC(COCc2ccccc2)[C@H](OCc2ccccc2)C(OCc2ccccc2)C1OCc1ccccc1. The summed E-state index contributed by atoms with van der Waals surface area (Å²) in [7, 11) is 0. The van der Waals surface area contributed by atoms with Gasteiger partial charge in [0.2, 0.25) is 0 Å². The van der Waals surface area contributed by atoms with E-state index in [1.54, 1.807) is 0 Å². The van der Waals surface area contributed by atoms with Crippen molar-refractivity contribution in [2.75, 3.05) is 6.61 Å². The molecule has 0 saturated heterocycles. The Bertz CT molecular complexity index is 1240. The highest BCUT2D eigenvalue weighted by molar-refractivity contribution is 5.16. The number of aliphatic hydroxyl groups excluding tert-OH is 1. The van der Waals surface area contributed by atoms with Crippen molar-refractivity contribution < 1.29 is 24.1 Å². The van der Waals surface area contributed by atoms with Gasteiger partial charge in [-0.3, -0.25) is 0 Å². The lowest BCUT2D eigenvalue weighted by atomic mass is 9.80. The zero-order valence-corrected chi connectivity index (χ0v) is 22.8. The molecule has 4 aromatic carbocycles. The van der Waals surface area contributed by atoms with E-state index in [-0.39, 0.29) is 12.0 Å². The zero-order chi connectivity index (χ0) is 27.4. The Balaban J connectivity index is 1.36. The maximum absolute atomic E-state index is 11.4. The Morgan fingerprint density at radius 1 is 0.475 bits per heavy atom. The molecule has 1 N–H and O–H groups in total. The van der Waals surface area contributed by atoms with Crippen molar-refractivity contribution in [1.29, 1.82) is 0 Å². The first-order chi connectivity index (χ1) is 19.8. The van der Waals surface area contributed by atoms with Crippen molar-refractivity contribution in [3.8, 4) is 0 Å². The van der Waals surface area contributed by atoms with Gasteiger partial charge in [0.15, 0.2) is 0 Å². The van der Waals surface area contributed by atoms with Gasteiger partial charge in [-0.2, -0.15) is 0 Å². The molecule has 4 aromatic rings. The van der Waals surface area contributed by atoms with E-state index < -0.39 is 18.3 Å². The molecule has 5 nitrogen and oxygen atoms in total. The molecular weight excluding hydrogens is 500 g/mol. The third kappa shape index (κ3) is 8.10. The van der Waals surface area contributed by atoms with Gasteiger partial charge in [-0.05, 0) is 28.7 Å². The summed E-state index contributed by atoms with van der Waals surface area (Å²) in [6.07, 6.45) is -1.58. The molecular formula is C35H38O5. The van der Waals surface area contributed by atoms with Crippen LogP contribution < -0.4 is 0 Å². The largest absolute Gasteiger partial charge is 0.390 e. The maximum Gasteiger partial charge on any atom is 0.113 e. The van der Waals surface area contributed by atoms with E-state index in [4.69, 9.17) is 18.9 Å². The molecule has 5 rings (SSSR count). The minimum absolute atomic E-state index is 0.0697. The predicted molar refractivity (Wildman–Crippen MR) is 155 cm³/mol. The smallest absolute Gasteiger partial charge is 0.113 e. The van der Waals surface area contributed by atoms with Crippen LogP contribution in [0.25, 0.3) is 0 Å². The van der Waals surface area contributed by atoms with E-state index in [1.165, 1.54) is 0 Å². The standard InChI is InChI=1S/C35H38O5/c36-32-21-31(26-37-22-27-13-5-1-6-14-27)33(38-23-28-15-7-2-8-16-28)35(40-25-30-19-11-4-12-20-30)34(32)39-24-29-17-9-3-10-18-29/h1-20,31-36H,21-26H2/t31?,32-,33-,34?,35?/m0/s1. The minimum atomic E-state index is -0.716. The van der Waals surface area contributed by atoms with Gasteiger partial charge >= 0.3 is 0 Å². The Hall–Kier alpha value is -3.32. The molecule has 0 amide bonds. The Labute approximate surface area is 237 Å². The van der Waals surface area contributed by atoms with E-state index in [0.29, 0.717) is 39.5 Å². The van der Waals surface area contributed by atoms with Crippen molar-refractivity contribution in [3.05, 3.63) is 144 Å². The molecule has 0 aliphatic heterocycles. The van der Waals surface area contributed by atoms with E-state index in [2.05, 4.69) is 24.3 Å². The highest BCUT2D eigenvalue weighted by Crippen LogP contribution is 2.34. The molecule has 40 heavy (non-hydrogen) atoms. The summed E-state index contributed by atoms with van der Waals surface area (Å²) in [4.78, 5) is 0. The molecule has 3 unspecified atom stereocenters. The van der Waals surface area contributed by atoms with Gasteiger partial charge in [-0.1, -0.05) is 121 Å². The summed E-state index contributed by atoms with van der Waals surface area (Å²) in [5.41, 5.74) is 4.30. The van der Waals surface area contributed by atoms with Gasteiger partial charge in [0.25, 0.3) is 0 Å². The normalized spacial score (nSPS) is 22.7. The first-order valence-electron chi connectivity index (χ1n) is 14.0. The second-order valence-electron chi connectivity index (χ2n) is 10.3. The van der Waals surface area contributed by atoms with E-state index >= 15 is 0 Å². The van der Waals surface area contributed by atoms with Crippen LogP contribution in [0.2, 0.25) is 0 Å². The van der Waals surface area contributed by atoms with Gasteiger partial charge in [0.05, 0.1) is 45.2 Å². The number of hydrogen-bond donors (Lipinski definition) is 1. The molecule has 1 aliphatic rings. The Kier molecular flexibility index (Phi) is 10.5. The van der Waals surface area contributed by atoms with Crippen LogP contribution in [0.1, 0.15) is 28.7 Å². The van der Waals surface area contributed by atoms with E-state index in [9.17, 15) is 5.11 Å². The molecule has 5 heteroatoms. The van der Waals surface area contributed by atoms with Crippen LogP contribution >= 0.6 is 0 Å². The number of rotatable bonds is 13. The van der Waals surface area contributed by atoms with Crippen LogP contribution in [-0.4, -0.2) is 36.1 Å². The second-order valence-corrected chi connectivity index (χ2v) is 10.3. The molecule has 0 bridgehead atoms. The molecule has 0 heterocycles. The van der Waals surface area contributed by atoms with Crippen LogP contribution in [0, 0.1) is 5.92 Å². The zero-order valence-electron chi connectivity index (χ0n) is 22.8. The van der Waals surface area contributed by atoms with Crippen molar-refractivity contribution in [1.82, 2.24) is 0 Å². The topological polar surface area (TPSA) is 57.2 Å². The monoisotopic (exact) mass is 538 g/mol. The fourth-order valence-electron chi connectivity index (χ4n) is 5.24. The summed E-state index contributed by atoms with van der Waals surface area (Å²) in [6.45, 7) is 2.16. The van der Waals surface area contributed by atoms with Crippen LogP contribution in [0.5, 0.6) is 0 Å². The second kappa shape index (κ2) is 14.9. The average molecular weight is 539 g/mol. The molecule has 1 saturated carbocycles. The third-order valence-corrected chi connectivity index (χ3v) is 7.33. The Morgan fingerprint density at radius 2 is 0.850 bits per heavy atom. The van der Waals surface area contributed by atoms with Gasteiger partial charge in [0.1, 0.15) is 12.2 Å². The van der Waals surface area contributed by atoms with Crippen molar-refractivity contribution >= 4 is 0 Å². The quantitative estimate of drug-likeness (QED) is 0.215. The fraction of sp³-hybridized carbons (Fsp3) is 0.314. The Morgan fingerprint density at radius 3 is 1.30 bits per heavy atom. The van der Waals surface area contributed by atoms with Crippen molar-refractivity contribution in [2.24, 2.45) is 5.92 Å². The van der Waals surface area contributed by atoms with Crippen LogP contribution in [0.15, 0.2) is 121 Å². The van der Waals surface area contributed by atoms with Gasteiger partial charge in [0, 0.05) is 5.92 Å².